The molecule has 0 radical (unpaired) electrons. The van der Waals surface area contributed by atoms with Gasteiger partial charge in [-0.1, -0.05) is 6.92 Å². The Hall–Kier alpha value is -0.160. The number of nitrogens with one attached hydrogen (secondary N) is 1. The maximum Gasteiger partial charge on any atom is 0.0744 e. The van der Waals surface area contributed by atoms with Crippen molar-refractivity contribution in [3.8, 4) is 0 Å². The van der Waals surface area contributed by atoms with E-state index >= 15 is 0 Å². The van der Waals surface area contributed by atoms with Gasteiger partial charge < -0.3 is 9.47 Å². The summed E-state index contributed by atoms with van der Waals surface area (Å²) in [6.45, 7) is 3.85. The first kappa shape index (κ1) is 12.9. The normalized spacial score (nSPS) is 26.2. The summed E-state index contributed by atoms with van der Waals surface area (Å²) in [5.41, 5.74) is 2.90. The summed E-state index contributed by atoms with van der Waals surface area (Å²) in [7, 11) is 1.73. The molecule has 1 saturated heterocycles. The Balaban J connectivity index is 2.37. The van der Waals surface area contributed by atoms with Crippen molar-refractivity contribution in [3.63, 3.8) is 0 Å². The van der Waals surface area contributed by atoms with Gasteiger partial charge in [0.2, 0.25) is 0 Å². The largest absolute Gasteiger partial charge is 0.385 e. The Morgan fingerprint density at radius 1 is 1.53 bits per heavy atom. The van der Waals surface area contributed by atoms with Gasteiger partial charge in [0.1, 0.15) is 0 Å². The van der Waals surface area contributed by atoms with Crippen LogP contribution in [0.25, 0.3) is 0 Å². The van der Waals surface area contributed by atoms with E-state index in [1.165, 1.54) is 12.8 Å². The predicted molar refractivity (Wildman–Crippen MR) is 60.4 cm³/mol. The molecule has 4 nitrogen and oxygen atoms in total. The fourth-order valence-corrected chi connectivity index (χ4v) is 2.17. The molecule has 1 heterocycles. The average Bonchev–Trinajstić information content (AvgIpc) is 2.29. The van der Waals surface area contributed by atoms with Crippen molar-refractivity contribution >= 4 is 0 Å². The van der Waals surface area contributed by atoms with E-state index in [1.54, 1.807) is 7.11 Å². The molecular formula is C11H24N2O2. The van der Waals surface area contributed by atoms with Crippen LogP contribution in [0.2, 0.25) is 0 Å². The predicted octanol–water partition coefficient (Wildman–Crippen LogP) is 1.06. The van der Waals surface area contributed by atoms with Crippen LogP contribution in [-0.2, 0) is 9.47 Å². The highest BCUT2D eigenvalue weighted by Crippen LogP contribution is 2.21. The molecule has 90 valence electrons. The van der Waals surface area contributed by atoms with Crippen LogP contribution >= 0.6 is 0 Å². The highest BCUT2D eigenvalue weighted by molar-refractivity contribution is 4.82. The van der Waals surface area contributed by atoms with Crippen LogP contribution < -0.4 is 11.3 Å². The van der Waals surface area contributed by atoms with Gasteiger partial charge in [0.05, 0.1) is 6.10 Å². The van der Waals surface area contributed by atoms with Gasteiger partial charge in [0.15, 0.2) is 0 Å². The fourth-order valence-electron chi connectivity index (χ4n) is 2.17. The third-order valence-corrected chi connectivity index (χ3v) is 3.20. The number of ether oxygens (including phenoxy) is 2. The molecule has 1 fully saturated rings. The quantitative estimate of drug-likeness (QED) is 0.515. The summed E-state index contributed by atoms with van der Waals surface area (Å²) in [5, 5.41) is 0. The zero-order valence-corrected chi connectivity index (χ0v) is 9.87. The molecule has 0 spiro atoms. The van der Waals surface area contributed by atoms with Crippen LogP contribution in [0.3, 0.4) is 0 Å². The first-order valence-electron chi connectivity index (χ1n) is 5.86. The standard InChI is InChI=1S/C11H24N2O2/c1-9(6-8-14-2)11(13-12)10-5-3-4-7-15-10/h9-11,13H,3-8,12H2,1-2H3. The second kappa shape index (κ2) is 7.17. The van der Waals surface area contributed by atoms with Gasteiger partial charge in [-0.25, -0.2) is 0 Å². The summed E-state index contributed by atoms with van der Waals surface area (Å²) in [5.74, 6) is 6.09. The van der Waals surface area contributed by atoms with E-state index in [9.17, 15) is 0 Å². The van der Waals surface area contributed by atoms with Gasteiger partial charge in [0.25, 0.3) is 0 Å². The van der Waals surface area contributed by atoms with Crippen molar-refractivity contribution in [1.82, 2.24) is 5.43 Å². The first-order chi connectivity index (χ1) is 7.29. The Morgan fingerprint density at radius 3 is 2.87 bits per heavy atom. The number of hydrogen-bond acceptors (Lipinski definition) is 4. The second-order valence-electron chi connectivity index (χ2n) is 4.36. The minimum Gasteiger partial charge on any atom is -0.385 e. The fraction of sp³-hybridized carbons (Fsp3) is 1.00. The van der Waals surface area contributed by atoms with Crippen molar-refractivity contribution in [2.45, 2.75) is 44.8 Å². The molecule has 0 aromatic heterocycles. The van der Waals surface area contributed by atoms with Gasteiger partial charge in [-0.05, 0) is 31.6 Å². The molecule has 0 aliphatic carbocycles. The van der Waals surface area contributed by atoms with Gasteiger partial charge in [-0.3, -0.25) is 11.3 Å². The van der Waals surface area contributed by atoms with Crippen molar-refractivity contribution in [3.05, 3.63) is 0 Å². The first-order valence-corrected chi connectivity index (χ1v) is 5.86. The topological polar surface area (TPSA) is 56.5 Å². The lowest BCUT2D eigenvalue weighted by atomic mass is 9.90. The highest BCUT2D eigenvalue weighted by Gasteiger charge is 2.27. The van der Waals surface area contributed by atoms with Crippen LogP contribution in [0.15, 0.2) is 0 Å². The molecule has 0 aromatic carbocycles. The van der Waals surface area contributed by atoms with E-state index in [2.05, 4.69) is 12.3 Å². The number of nitrogens with two attached hydrogens (primary N) is 1. The highest BCUT2D eigenvalue weighted by atomic mass is 16.5. The minimum absolute atomic E-state index is 0.250. The average molecular weight is 216 g/mol. The smallest absolute Gasteiger partial charge is 0.0744 e. The lowest BCUT2D eigenvalue weighted by Gasteiger charge is -2.33. The lowest BCUT2D eigenvalue weighted by Crippen LogP contribution is -2.50. The Bertz CT molecular complexity index is 161. The van der Waals surface area contributed by atoms with E-state index in [0.29, 0.717) is 5.92 Å². The lowest BCUT2D eigenvalue weighted by molar-refractivity contribution is -0.0221. The number of hydrazine groups is 1. The molecule has 0 amide bonds. The zero-order chi connectivity index (χ0) is 11.1. The van der Waals surface area contributed by atoms with Crippen molar-refractivity contribution < 1.29 is 9.47 Å². The molecule has 1 rings (SSSR count). The summed E-state index contributed by atoms with van der Waals surface area (Å²) in [6.07, 6.45) is 4.84. The van der Waals surface area contributed by atoms with Crippen molar-refractivity contribution in [1.29, 1.82) is 0 Å². The molecular weight excluding hydrogens is 192 g/mol. The van der Waals surface area contributed by atoms with Crippen LogP contribution in [-0.4, -0.2) is 32.5 Å². The van der Waals surface area contributed by atoms with Crippen molar-refractivity contribution in [2.24, 2.45) is 11.8 Å². The van der Waals surface area contributed by atoms with E-state index in [4.69, 9.17) is 15.3 Å². The molecule has 1 aliphatic rings. The summed E-state index contributed by atoms with van der Waals surface area (Å²) in [6, 6.07) is 0.250. The van der Waals surface area contributed by atoms with E-state index in [0.717, 1.165) is 26.1 Å². The third kappa shape index (κ3) is 4.07. The summed E-state index contributed by atoms with van der Waals surface area (Å²) < 4.78 is 10.8. The SMILES string of the molecule is COCCC(C)C(NN)C1CCCCO1. The van der Waals surface area contributed by atoms with Gasteiger partial charge in [-0.2, -0.15) is 0 Å². The number of methoxy groups -OCH3 is 1. The number of hydrogen-bond donors (Lipinski definition) is 2. The summed E-state index contributed by atoms with van der Waals surface area (Å²) in [4.78, 5) is 0. The zero-order valence-electron chi connectivity index (χ0n) is 9.87. The molecule has 1 aliphatic heterocycles. The third-order valence-electron chi connectivity index (χ3n) is 3.20. The Morgan fingerprint density at radius 2 is 2.33 bits per heavy atom. The maximum atomic E-state index is 5.75. The molecule has 0 aromatic rings. The maximum absolute atomic E-state index is 5.75. The van der Waals surface area contributed by atoms with Crippen LogP contribution in [0.1, 0.15) is 32.6 Å². The molecule has 3 unspecified atom stereocenters. The molecule has 0 saturated carbocycles. The van der Waals surface area contributed by atoms with E-state index in [1.807, 2.05) is 0 Å². The van der Waals surface area contributed by atoms with Crippen LogP contribution in [0.4, 0.5) is 0 Å². The summed E-state index contributed by atoms with van der Waals surface area (Å²) >= 11 is 0. The van der Waals surface area contributed by atoms with Gasteiger partial charge in [0, 0.05) is 26.4 Å². The Kier molecular flexibility index (Phi) is 6.17. The molecule has 15 heavy (non-hydrogen) atoms. The molecule has 4 heteroatoms. The van der Waals surface area contributed by atoms with Gasteiger partial charge in [-0.15, -0.1) is 0 Å². The molecule has 0 bridgehead atoms. The number of rotatable bonds is 6. The minimum atomic E-state index is 0.250. The monoisotopic (exact) mass is 216 g/mol. The van der Waals surface area contributed by atoms with Crippen LogP contribution in [0.5, 0.6) is 0 Å². The van der Waals surface area contributed by atoms with E-state index < -0.39 is 0 Å². The van der Waals surface area contributed by atoms with E-state index in [-0.39, 0.29) is 12.1 Å². The second-order valence-corrected chi connectivity index (χ2v) is 4.36. The van der Waals surface area contributed by atoms with Gasteiger partial charge >= 0.3 is 0 Å². The molecule has 3 N–H and O–H groups in total. The molecule has 3 atom stereocenters. The van der Waals surface area contributed by atoms with Crippen molar-refractivity contribution in [2.75, 3.05) is 20.3 Å². The Labute approximate surface area is 92.5 Å². The van der Waals surface area contributed by atoms with Crippen LogP contribution in [0, 0.1) is 5.92 Å².